The van der Waals surface area contributed by atoms with Crippen LogP contribution in [0.15, 0.2) is 12.3 Å². The van der Waals surface area contributed by atoms with Crippen molar-refractivity contribution in [1.82, 2.24) is 0 Å². The fourth-order valence-corrected chi connectivity index (χ4v) is 0.550. The molecule has 0 saturated heterocycles. The van der Waals surface area contributed by atoms with Crippen molar-refractivity contribution < 1.29 is 4.74 Å². The second-order valence-corrected chi connectivity index (χ2v) is 1.75. The SMILES string of the molecule is [CH2]C1C=COCC1. The standard InChI is InChI=1S/C6H9O/c1-6-2-4-7-5-3-6/h2,4,6H,1,3,5H2. The highest BCUT2D eigenvalue weighted by Gasteiger charge is 1.99. The van der Waals surface area contributed by atoms with Crippen LogP contribution in [0.5, 0.6) is 0 Å². The molecule has 0 spiro atoms. The zero-order chi connectivity index (χ0) is 5.11. The van der Waals surface area contributed by atoms with Crippen LogP contribution in [-0.4, -0.2) is 6.61 Å². The first kappa shape index (κ1) is 4.69. The average Bonchev–Trinajstić information content (AvgIpc) is 1.69. The van der Waals surface area contributed by atoms with Crippen LogP contribution in [0.25, 0.3) is 0 Å². The number of ether oxygens (including phenoxy) is 1. The maximum atomic E-state index is 4.92. The van der Waals surface area contributed by atoms with Crippen LogP contribution in [0, 0.1) is 12.8 Å². The Morgan fingerprint density at radius 2 is 2.57 bits per heavy atom. The molecule has 0 bridgehead atoms. The summed E-state index contributed by atoms with van der Waals surface area (Å²) in [6.45, 7) is 4.67. The van der Waals surface area contributed by atoms with Crippen LogP contribution < -0.4 is 0 Å². The quantitative estimate of drug-likeness (QED) is 0.443. The summed E-state index contributed by atoms with van der Waals surface area (Å²) in [4.78, 5) is 0. The van der Waals surface area contributed by atoms with Crippen molar-refractivity contribution in [3.8, 4) is 0 Å². The highest BCUT2D eigenvalue weighted by Crippen LogP contribution is 2.07. The Morgan fingerprint density at radius 3 is 2.86 bits per heavy atom. The minimum Gasteiger partial charge on any atom is -0.501 e. The summed E-state index contributed by atoms with van der Waals surface area (Å²) < 4.78 is 4.92. The Labute approximate surface area is 44.0 Å². The fraction of sp³-hybridized carbons (Fsp3) is 0.500. The molecule has 0 amide bonds. The van der Waals surface area contributed by atoms with E-state index in [1.807, 2.05) is 6.08 Å². The van der Waals surface area contributed by atoms with Gasteiger partial charge in [0.2, 0.25) is 0 Å². The predicted octanol–water partition coefficient (Wildman–Crippen LogP) is 1.37. The van der Waals surface area contributed by atoms with E-state index in [1.54, 1.807) is 6.26 Å². The summed E-state index contributed by atoms with van der Waals surface area (Å²) in [6, 6.07) is 0. The molecule has 0 saturated carbocycles. The van der Waals surface area contributed by atoms with Crippen molar-refractivity contribution in [2.45, 2.75) is 6.42 Å². The molecule has 0 aliphatic carbocycles. The van der Waals surface area contributed by atoms with Gasteiger partial charge in [-0.15, -0.1) is 0 Å². The van der Waals surface area contributed by atoms with E-state index in [1.165, 1.54) is 0 Å². The van der Waals surface area contributed by atoms with Gasteiger partial charge in [0.25, 0.3) is 0 Å². The van der Waals surface area contributed by atoms with Crippen LogP contribution >= 0.6 is 0 Å². The zero-order valence-electron chi connectivity index (χ0n) is 4.26. The zero-order valence-corrected chi connectivity index (χ0v) is 4.26. The molecular weight excluding hydrogens is 88.1 g/mol. The van der Waals surface area contributed by atoms with Gasteiger partial charge in [0.15, 0.2) is 0 Å². The first-order chi connectivity index (χ1) is 3.39. The van der Waals surface area contributed by atoms with Gasteiger partial charge < -0.3 is 4.74 Å². The van der Waals surface area contributed by atoms with Gasteiger partial charge in [0.1, 0.15) is 0 Å². The summed E-state index contributed by atoms with van der Waals surface area (Å²) in [6.07, 6.45) is 4.77. The molecule has 1 radical (unpaired) electrons. The van der Waals surface area contributed by atoms with Crippen LogP contribution in [0.2, 0.25) is 0 Å². The lowest BCUT2D eigenvalue weighted by Gasteiger charge is -2.10. The normalized spacial score (nSPS) is 29.6. The summed E-state index contributed by atoms with van der Waals surface area (Å²) in [5, 5.41) is 0. The van der Waals surface area contributed by atoms with Crippen LogP contribution in [0.1, 0.15) is 6.42 Å². The second-order valence-electron chi connectivity index (χ2n) is 1.75. The topological polar surface area (TPSA) is 9.23 Å². The maximum Gasteiger partial charge on any atom is 0.0878 e. The molecule has 7 heavy (non-hydrogen) atoms. The van der Waals surface area contributed by atoms with E-state index >= 15 is 0 Å². The van der Waals surface area contributed by atoms with Gasteiger partial charge in [-0.2, -0.15) is 0 Å². The molecule has 0 N–H and O–H groups in total. The summed E-state index contributed by atoms with van der Waals surface area (Å²) in [5.41, 5.74) is 0. The molecule has 1 heteroatoms. The molecule has 1 nitrogen and oxygen atoms in total. The molecule has 0 aromatic rings. The largest absolute Gasteiger partial charge is 0.501 e. The van der Waals surface area contributed by atoms with Crippen molar-refractivity contribution in [2.24, 2.45) is 5.92 Å². The third-order valence-corrected chi connectivity index (χ3v) is 1.05. The van der Waals surface area contributed by atoms with E-state index in [-0.39, 0.29) is 0 Å². The van der Waals surface area contributed by atoms with E-state index < -0.39 is 0 Å². The number of rotatable bonds is 0. The first-order valence-electron chi connectivity index (χ1n) is 2.51. The number of hydrogen-bond acceptors (Lipinski definition) is 1. The van der Waals surface area contributed by atoms with Crippen LogP contribution in [-0.2, 0) is 4.74 Å². The van der Waals surface area contributed by atoms with Gasteiger partial charge in [-0.3, -0.25) is 0 Å². The Balaban J connectivity index is 2.36. The van der Waals surface area contributed by atoms with Crippen LogP contribution in [0.4, 0.5) is 0 Å². The van der Waals surface area contributed by atoms with E-state index in [9.17, 15) is 0 Å². The Hall–Kier alpha value is -0.460. The molecular formula is C6H9O. The van der Waals surface area contributed by atoms with Gasteiger partial charge in [0.05, 0.1) is 12.9 Å². The predicted molar refractivity (Wildman–Crippen MR) is 28.6 cm³/mol. The van der Waals surface area contributed by atoms with Crippen molar-refractivity contribution in [1.29, 1.82) is 0 Å². The monoisotopic (exact) mass is 97.1 g/mol. The molecule has 0 aromatic carbocycles. The number of allylic oxidation sites excluding steroid dienone is 1. The first-order valence-corrected chi connectivity index (χ1v) is 2.51. The van der Waals surface area contributed by atoms with Crippen molar-refractivity contribution in [2.75, 3.05) is 6.61 Å². The summed E-state index contributed by atoms with van der Waals surface area (Å²) in [7, 11) is 0. The van der Waals surface area contributed by atoms with Crippen molar-refractivity contribution >= 4 is 0 Å². The molecule has 1 unspecified atom stereocenters. The van der Waals surface area contributed by atoms with Gasteiger partial charge in [-0.25, -0.2) is 0 Å². The molecule has 39 valence electrons. The highest BCUT2D eigenvalue weighted by atomic mass is 16.5. The lowest BCUT2D eigenvalue weighted by molar-refractivity contribution is 0.218. The third-order valence-electron chi connectivity index (χ3n) is 1.05. The van der Waals surface area contributed by atoms with Gasteiger partial charge in [-0.05, 0) is 25.3 Å². The summed E-state index contributed by atoms with van der Waals surface area (Å²) >= 11 is 0. The van der Waals surface area contributed by atoms with Crippen LogP contribution in [0.3, 0.4) is 0 Å². The third kappa shape index (κ3) is 1.22. The Morgan fingerprint density at radius 1 is 1.71 bits per heavy atom. The van der Waals surface area contributed by atoms with Gasteiger partial charge >= 0.3 is 0 Å². The van der Waals surface area contributed by atoms with E-state index in [2.05, 4.69) is 6.92 Å². The molecule has 1 rings (SSSR count). The molecule has 1 heterocycles. The van der Waals surface area contributed by atoms with Crippen molar-refractivity contribution in [3.05, 3.63) is 19.3 Å². The molecule has 0 aromatic heterocycles. The number of hydrogen-bond donors (Lipinski definition) is 0. The van der Waals surface area contributed by atoms with Gasteiger partial charge in [-0.1, -0.05) is 0 Å². The van der Waals surface area contributed by atoms with E-state index in [0.29, 0.717) is 5.92 Å². The maximum absolute atomic E-state index is 4.92. The minimum atomic E-state index is 0.480. The molecule has 0 fully saturated rings. The highest BCUT2D eigenvalue weighted by molar-refractivity contribution is 4.87. The second kappa shape index (κ2) is 2.01. The average molecular weight is 97.1 g/mol. The fourth-order valence-electron chi connectivity index (χ4n) is 0.550. The minimum absolute atomic E-state index is 0.480. The molecule has 1 aliphatic heterocycles. The van der Waals surface area contributed by atoms with E-state index in [4.69, 9.17) is 4.74 Å². The Bertz CT molecular complexity index is 76.2. The lowest BCUT2D eigenvalue weighted by Crippen LogP contribution is -2.01. The summed E-state index contributed by atoms with van der Waals surface area (Å²) in [5.74, 6) is 0.480. The molecule has 1 atom stereocenters. The van der Waals surface area contributed by atoms with Gasteiger partial charge in [0, 0.05) is 0 Å². The smallest absolute Gasteiger partial charge is 0.0878 e. The van der Waals surface area contributed by atoms with Crippen molar-refractivity contribution in [3.63, 3.8) is 0 Å². The Kier molecular flexibility index (Phi) is 1.35. The lowest BCUT2D eigenvalue weighted by atomic mass is 10.1. The van der Waals surface area contributed by atoms with E-state index in [0.717, 1.165) is 13.0 Å². The molecule has 1 aliphatic rings.